The maximum absolute atomic E-state index is 12.6. The minimum atomic E-state index is -0.501. The number of halogens is 1. The lowest BCUT2D eigenvalue weighted by atomic mass is 10.1. The predicted octanol–water partition coefficient (Wildman–Crippen LogP) is 2.08. The summed E-state index contributed by atoms with van der Waals surface area (Å²) in [7, 11) is 0. The Morgan fingerprint density at radius 2 is 2.29 bits per heavy atom. The van der Waals surface area contributed by atoms with Crippen LogP contribution in [0.4, 0.5) is 5.69 Å². The molecule has 5 nitrogen and oxygen atoms in total. The molecule has 1 aromatic carbocycles. The Kier molecular flexibility index (Phi) is 3.69. The smallest absolute Gasteiger partial charge is 0.256 e. The summed E-state index contributed by atoms with van der Waals surface area (Å²) < 4.78 is 5.58. The number of hydrogen-bond donors (Lipinski definition) is 1. The van der Waals surface area contributed by atoms with Crippen molar-refractivity contribution in [1.82, 2.24) is 4.90 Å². The molecule has 0 spiro atoms. The molecule has 2 atom stereocenters. The fourth-order valence-electron chi connectivity index (χ4n) is 2.77. The monoisotopic (exact) mass is 306 g/mol. The van der Waals surface area contributed by atoms with E-state index in [1.165, 1.54) is 0 Å². The Bertz CT molecular complexity index is 617. The number of benzene rings is 1. The molecule has 1 saturated heterocycles. The molecule has 0 unspecified atom stereocenters. The van der Waals surface area contributed by atoms with E-state index in [9.17, 15) is 9.59 Å². The van der Waals surface area contributed by atoms with E-state index in [1.54, 1.807) is 29.2 Å². The second-order valence-electron chi connectivity index (χ2n) is 5.13. The summed E-state index contributed by atoms with van der Waals surface area (Å²) in [5.74, 6) is -0.371. The van der Waals surface area contributed by atoms with E-state index >= 15 is 0 Å². The zero-order valence-corrected chi connectivity index (χ0v) is 12.1. The number of anilines is 1. The zero-order valence-electron chi connectivity index (χ0n) is 11.3. The molecule has 0 aromatic heterocycles. The maximum Gasteiger partial charge on any atom is 0.256 e. The first-order chi connectivity index (χ1) is 10.1. The lowest BCUT2D eigenvalue weighted by molar-refractivity contribution is -0.119. The van der Waals surface area contributed by atoms with Gasteiger partial charge in [-0.05, 0) is 18.2 Å². The van der Waals surface area contributed by atoms with Crippen molar-refractivity contribution in [2.45, 2.75) is 18.6 Å². The molecule has 0 radical (unpaired) electrons. The van der Waals surface area contributed by atoms with Gasteiger partial charge in [-0.25, -0.2) is 0 Å². The number of carbonyl (C=O) groups is 2. The molecular weight excluding hydrogens is 292 g/mol. The number of nitrogens with zero attached hydrogens (tertiary/aromatic N) is 1. The summed E-state index contributed by atoms with van der Waals surface area (Å²) in [4.78, 5) is 26.5. The molecule has 2 amide bonds. The van der Waals surface area contributed by atoms with Gasteiger partial charge in [-0.1, -0.05) is 17.7 Å². The number of rotatable bonds is 3. The van der Waals surface area contributed by atoms with Crippen molar-refractivity contribution in [3.05, 3.63) is 41.4 Å². The van der Waals surface area contributed by atoms with Crippen LogP contribution in [0.3, 0.4) is 0 Å². The van der Waals surface area contributed by atoms with Crippen LogP contribution in [-0.4, -0.2) is 42.0 Å². The molecule has 3 rings (SSSR count). The second-order valence-corrected chi connectivity index (χ2v) is 5.57. The Balaban J connectivity index is 1.90. The lowest BCUT2D eigenvalue weighted by Crippen LogP contribution is -2.40. The largest absolute Gasteiger partial charge is 0.372 e. The molecule has 1 aromatic rings. The summed E-state index contributed by atoms with van der Waals surface area (Å²) in [6, 6.07) is 4.38. The highest BCUT2D eigenvalue weighted by molar-refractivity contribution is 6.31. The van der Waals surface area contributed by atoms with Gasteiger partial charge in [0, 0.05) is 18.0 Å². The van der Waals surface area contributed by atoms with E-state index in [2.05, 4.69) is 11.9 Å². The third kappa shape index (κ3) is 2.54. The molecule has 110 valence electrons. The van der Waals surface area contributed by atoms with Crippen molar-refractivity contribution >= 4 is 29.1 Å². The first kappa shape index (κ1) is 14.1. The van der Waals surface area contributed by atoms with E-state index < -0.39 is 6.04 Å². The van der Waals surface area contributed by atoms with Gasteiger partial charge >= 0.3 is 0 Å². The number of fused-ring (bicyclic) bond motifs is 2. The van der Waals surface area contributed by atoms with Crippen LogP contribution in [0.2, 0.25) is 5.02 Å². The summed E-state index contributed by atoms with van der Waals surface area (Å²) in [5.41, 5.74) is 0.926. The van der Waals surface area contributed by atoms with E-state index in [1.807, 2.05) is 0 Å². The normalized spacial score (nSPS) is 24.1. The van der Waals surface area contributed by atoms with Crippen molar-refractivity contribution < 1.29 is 14.3 Å². The van der Waals surface area contributed by atoms with Gasteiger partial charge < -0.3 is 15.0 Å². The van der Waals surface area contributed by atoms with Gasteiger partial charge in [0.15, 0.2) is 0 Å². The summed E-state index contributed by atoms with van der Waals surface area (Å²) >= 11 is 5.92. The predicted molar refractivity (Wildman–Crippen MR) is 79.5 cm³/mol. The molecular formula is C15H15ClN2O3. The fourth-order valence-corrected chi connectivity index (χ4v) is 2.94. The van der Waals surface area contributed by atoms with Gasteiger partial charge in [0.25, 0.3) is 5.91 Å². The van der Waals surface area contributed by atoms with Crippen molar-refractivity contribution in [1.29, 1.82) is 0 Å². The topological polar surface area (TPSA) is 58.6 Å². The minimum Gasteiger partial charge on any atom is -0.372 e. The SMILES string of the molecule is C=CCO[C@@H]1C[C@H]2C(=O)Nc3cc(Cl)ccc3C(=O)N2C1. The number of carbonyl (C=O) groups excluding carboxylic acids is 2. The Hall–Kier alpha value is -1.85. The van der Waals surface area contributed by atoms with Crippen molar-refractivity contribution in [3.8, 4) is 0 Å². The molecule has 2 heterocycles. The Morgan fingerprint density at radius 3 is 3.05 bits per heavy atom. The highest BCUT2D eigenvalue weighted by Gasteiger charge is 2.43. The molecule has 6 heteroatoms. The van der Waals surface area contributed by atoms with Gasteiger partial charge in [-0.3, -0.25) is 9.59 Å². The standard InChI is InChI=1S/C15H15ClN2O3/c1-2-5-21-10-7-13-14(19)17-12-6-9(16)3-4-11(12)15(20)18(13)8-10/h2-4,6,10,13H,1,5,7-8H2,(H,17,19)/t10-,13+/m1/s1. The molecule has 2 aliphatic rings. The van der Waals surface area contributed by atoms with Crippen LogP contribution in [-0.2, 0) is 9.53 Å². The zero-order chi connectivity index (χ0) is 15.0. The summed E-state index contributed by atoms with van der Waals surface area (Å²) in [6.45, 7) is 4.42. The molecule has 0 saturated carbocycles. The third-order valence-corrected chi connectivity index (χ3v) is 3.98. The number of amides is 2. The van der Waals surface area contributed by atoms with Crippen LogP contribution in [0.5, 0.6) is 0 Å². The lowest BCUT2D eigenvalue weighted by Gasteiger charge is -2.19. The third-order valence-electron chi connectivity index (χ3n) is 3.75. The summed E-state index contributed by atoms with van der Waals surface area (Å²) in [6.07, 6.45) is 2.01. The number of hydrogen-bond acceptors (Lipinski definition) is 3. The average molecular weight is 307 g/mol. The van der Waals surface area contributed by atoms with Gasteiger partial charge in [0.05, 0.1) is 24.0 Å². The fraction of sp³-hybridized carbons (Fsp3) is 0.333. The van der Waals surface area contributed by atoms with Crippen LogP contribution >= 0.6 is 11.6 Å². The molecule has 1 N–H and O–H groups in total. The minimum absolute atomic E-state index is 0.142. The van der Waals surface area contributed by atoms with E-state index in [0.717, 1.165) is 0 Å². The number of ether oxygens (including phenoxy) is 1. The highest BCUT2D eigenvalue weighted by Crippen LogP contribution is 2.31. The number of nitrogens with one attached hydrogen (secondary N) is 1. The highest BCUT2D eigenvalue weighted by atomic mass is 35.5. The Labute approximate surface area is 127 Å². The quantitative estimate of drug-likeness (QED) is 0.870. The van der Waals surface area contributed by atoms with Gasteiger partial charge in [-0.15, -0.1) is 6.58 Å². The maximum atomic E-state index is 12.6. The van der Waals surface area contributed by atoms with Gasteiger partial charge in [0.1, 0.15) is 6.04 Å². The first-order valence-corrected chi connectivity index (χ1v) is 7.12. The van der Waals surface area contributed by atoms with Gasteiger partial charge in [-0.2, -0.15) is 0 Å². The summed E-state index contributed by atoms with van der Waals surface area (Å²) in [5, 5.41) is 3.26. The van der Waals surface area contributed by atoms with Crippen LogP contribution < -0.4 is 5.32 Å². The first-order valence-electron chi connectivity index (χ1n) is 6.74. The molecule has 0 bridgehead atoms. The molecule has 2 aliphatic heterocycles. The van der Waals surface area contributed by atoms with Crippen LogP contribution in [0.15, 0.2) is 30.9 Å². The molecule has 21 heavy (non-hydrogen) atoms. The van der Waals surface area contributed by atoms with Crippen LogP contribution in [0, 0.1) is 0 Å². The van der Waals surface area contributed by atoms with E-state index in [4.69, 9.17) is 16.3 Å². The van der Waals surface area contributed by atoms with Crippen molar-refractivity contribution in [2.75, 3.05) is 18.5 Å². The second kappa shape index (κ2) is 5.50. The van der Waals surface area contributed by atoms with Crippen molar-refractivity contribution in [3.63, 3.8) is 0 Å². The van der Waals surface area contributed by atoms with Crippen LogP contribution in [0.25, 0.3) is 0 Å². The van der Waals surface area contributed by atoms with Crippen LogP contribution in [0.1, 0.15) is 16.8 Å². The Morgan fingerprint density at radius 1 is 1.48 bits per heavy atom. The van der Waals surface area contributed by atoms with E-state index in [-0.39, 0.29) is 17.9 Å². The average Bonchev–Trinajstić information content (AvgIpc) is 2.85. The molecule has 1 fully saturated rings. The van der Waals surface area contributed by atoms with Crippen molar-refractivity contribution in [2.24, 2.45) is 0 Å². The van der Waals surface area contributed by atoms with Gasteiger partial charge in [0.2, 0.25) is 5.91 Å². The van der Waals surface area contributed by atoms with E-state index in [0.29, 0.717) is 35.8 Å². The molecule has 0 aliphatic carbocycles.